The zero-order chi connectivity index (χ0) is 20.3. The fourth-order valence-corrected chi connectivity index (χ4v) is 3.91. The lowest BCUT2D eigenvalue weighted by molar-refractivity contribution is -0.0583. The van der Waals surface area contributed by atoms with Crippen LogP contribution >= 0.6 is 0 Å². The first-order valence-corrected chi connectivity index (χ1v) is 9.56. The number of pyridine rings is 1. The summed E-state index contributed by atoms with van der Waals surface area (Å²) in [5.41, 5.74) is 4.30. The van der Waals surface area contributed by atoms with Crippen molar-refractivity contribution in [1.29, 1.82) is 0 Å². The lowest BCUT2D eigenvalue weighted by Gasteiger charge is -2.15. The molecule has 2 aromatic carbocycles. The van der Waals surface area contributed by atoms with Gasteiger partial charge < -0.3 is 4.84 Å². The van der Waals surface area contributed by atoms with Gasteiger partial charge in [-0.25, -0.2) is 4.79 Å². The molecule has 1 fully saturated rings. The van der Waals surface area contributed by atoms with Crippen LogP contribution in [0, 0.1) is 13.8 Å². The van der Waals surface area contributed by atoms with E-state index >= 15 is 0 Å². The van der Waals surface area contributed by atoms with Gasteiger partial charge in [0.1, 0.15) is 0 Å². The van der Waals surface area contributed by atoms with Crippen LogP contribution in [0.25, 0.3) is 10.9 Å². The number of fused-ring (bicyclic) bond motifs is 2. The van der Waals surface area contributed by atoms with E-state index in [4.69, 9.17) is 9.82 Å². The molecule has 1 saturated carbocycles. The predicted molar refractivity (Wildman–Crippen MR) is 106 cm³/mol. The number of rotatable bonds is 3. The van der Waals surface area contributed by atoms with E-state index in [0.717, 1.165) is 35.2 Å². The maximum Gasteiger partial charge on any atom is 0.364 e. The summed E-state index contributed by atoms with van der Waals surface area (Å²) in [4.78, 5) is 48.3. The third-order valence-electron chi connectivity index (χ3n) is 5.42. The standard InChI is InChI=1S/C23H18N2O4/c1-12-9-13(2)20-17(11-18(14-7-8-14)24-19(20)10-12)23(28)29-25-21(26)15-5-3-4-6-16(15)22(25)27/h3-6,9-11,14H,7-8H2,1-2H3. The molecule has 6 nitrogen and oxygen atoms in total. The molecule has 1 aliphatic heterocycles. The molecule has 1 aromatic heterocycles. The Morgan fingerprint density at radius 3 is 2.31 bits per heavy atom. The van der Waals surface area contributed by atoms with Crippen LogP contribution in [-0.2, 0) is 4.84 Å². The number of aromatic nitrogens is 1. The van der Waals surface area contributed by atoms with Crippen LogP contribution < -0.4 is 0 Å². The average Bonchev–Trinajstić information content (AvgIpc) is 3.52. The van der Waals surface area contributed by atoms with Gasteiger partial charge in [-0.15, -0.1) is 0 Å². The molecule has 0 N–H and O–H groups in total. The van der Waals surface area contributed by atoms with Gasteiger partial charge in [-0.2, -0.15) is 0 Å². The monoisotopic (exact) mass is 386 g/mol. The topological polar surface area (TPSA) is 76.6 Å². The maximum absolute atomic E-state index is 13.1. The summed E-state index contributed by atoms with van der Waals surface area (Å²) in [7, 11) is 0. The summed E-state index contributed by atoms with van der Waals surface area (Å²) in [5.74, 6) is -1.66. The minimum atomic E-state index is -0.735. The van der Waals surface area contributed by atoms with E-state index in [2.05, 4.69) is 0 Å². The molecule has 0 atom stereocenters. The van der Waals surface area contributed by atoms with Gasteiger partial charge in [0, 0.05) is 17.0 Å². The fraction of sp³-hybridized carbons (Fsp3) is 0.217. The molecule has 0 unspecified atom stereocenters. The first-order chi connectivity index (χ1) is 13.9. The molecular weight excluding hydrogens is 368 g/mol. The predicted octanol–water partition coefficient (Wildman–Crippen LogP) is 4.10. The van der Waals surface area contributed by atoms with Crippen molar-refractivity contribution >= 4 is 28.7 Å². The summed E-state index contributed by atoms with van der Waals surface area (Å²) >= 11 is 0. The first kappa shape index (κ1) is 17.6. The third kappa shape index (κ3) is 2.79. The number of nitrogens with zero attached hydrogens (tertiary/aromatic N) is 2. The average molecular weight is 386 g/mol. The molecule has 0 bridgehead atoms. The van der Waals surface area contributed by atoms with Crippen molar-refractivity contribution in [2.24, 2.45) is 0 Å². The van der Waals surface area contributed by atoms with Crippen molar-refractivity contribution in [2.75, 3.05) is 0 Å². The lowest BCUT2D eigenvalue weighted by Crippen LogP contribution is -2.32. The van der Waals surface area contributed by atoms with Gasteiger partial charge in [0.2, 0.25) is 0 Å². The molecular formula is C23H18N2O4. The second-order valence-electron chi connectivity index (χ2n) is 7.67. The summed E-state index contributed by atoms with van der Waals surface area (Å²) in [6.07, 6.45) is 2.08. The smallest absolute Gasteiger partial charge is 0.324 e. The van der Waals surface area contributed by atoms with Crippen LogP contribution in [0.15, 0.2) is 42.5 Å². The number of aryl methyl sites for hydroxylation is 2. The molecule has 3 aromatic rings. The summed E-state index contributed by atoms with van der Waals surface area (Å²) < 4.78 is 0. The van der Waals surface area contributed by atoms with E-state index in [-0.39, 0.29) is 11.1 Å². The van der Waals surface area contributed by atoms with Crippen molar-refractivity contribution < 1.29 is 19.2 Å². The van der Waals surface area contributed by atoms with E-state index in [1.54, 1.807) is 30.3 Å². The molecule has 144 valence electrons. The van der Waals surface area contributed by atoms with Gasteiger partial charge in [-0.1, -0.05) is 23.3 Å². The number of amides is 2. The molecule has 1 aliphatic carbocycles. The van der Waals surface area contributed by atoms with Crippen LogP contribution in [0.4, 0.5) is 0 Å². The Kier molecular flexibility index (Phi) is 3.77. The van der Waals surface area contributed by atoms with Gasteiger partial charge in [0.15, 0.2) is 0 Å². The Labute approximate surface area is 167 Å². The molecule has 6 heteroatoms. The highest BCUT2D eigenvalue weighted by Crippen LogP contribution is 2.40. The van der Waals surface area contributed by atoms with Gasteiger partial charge in [0.05, 0.1) is 22.2 Å². The Morgan fingerprint density at radius 1 is 1.03 bits per heavy atom. The fourth-order valence-electron chi connectivity index (χ4n) is 3.91. The largest absolute Gasteiger partial charge is 0.364 e. The normalized spacial score (nSPS) is 15.7. The van der Waals surface area contributed by atoms with Gasteiger partial charge in [-0.3, -0.25) is 14.6 Å². The van der Waals surface area contributed by atoms with Crippen molar-refractivity contribution in [3.05, 3.63) is 76.0 Å². The van der Waals surface area contributed by atoms with Crippen molar-refractivity contribution in [3.8, 4) is 0 Å². The van der Waals surface area contributed by atoms with E-state index in [0.29, 0.717) is 21.9 Å². The SMILES string of the molecule is Cc1cc(C)c2c(C(=O)ON3C(=O)c4ccccc4C3=O)cc(C3CC3)nc2c1. The highest BCUT2D eigenvalue weighted by molar-refractivity contribution is 6.21. The zero-order valence-electron chi connectivity index (χ0n) is 16.1. The van der Waals surface area contributed by atoms with Crippen molar-refractivity contribution in [3.63, 3.8) is 0 Å². The minimum absolute atomic E-state index is 0.232. The molecule has 2 amide bonds. The highest BCUT2D eigenvalue weighted by atomic mass is 16.7. The van der Waals surface area contributed by atoms with Gasteiger partial charge >= 0.3 is 5.97 Å². The lowest BCUT2D eigenvalue weighted by atomic mass is 10.00. The van der Waals surface area contributed by atoms with Crippen molar-refractivity contribution in [1.82, 2.24) is 10.0 Å². The molecule has 0 spiro atoms. The Morgan fingerprint density at radius 2 is 1.69 bits per heavy atom. The number of imide groups is 1. The summed E-state index contributed by atoms with van der Waals surface area (Å²) in [6.45, 7) is 3.89. The van der Waals surface area contributed by atoms with E-state index in [1.807, 2.05) is 26.0 Å². The number of hydrogen-bond acceptors (Lipinski definition) is 5. The maximum atomic E-state index is 13.1. The van der Waals surface area contributed by atoms with Crippen LogP contribution in [0.2, 0.25) is 0 Å². The Hall–Kier alpha value is -3.54. The van der Waals surface area contributed by atoms with Gasteiger partial charge in [-0.05, 0) is 62.1 Å². The Balaban J connectivity index is 1.57. The van der Waals surface area contributed by atoms with Crippen molar-refractivity contribution in [2.45, 2.75) is 32.6 Å². The molecule has 2 aliphatic rings. The highest BCUT2D eigenvalue weighted by Gasteiger charge is 2.39. The number of benzene rings is 2. The number of hydrogen-bond donors (Lipinski definition) is 0. The minimum Gasteiger partial charge on any atom is -0.324 e. The van der Waals surface area contributed by atoms with E-state index < -0.39 is 17.8 Å². The van der Waals surface area contributed by atoms with Crippen LogP contribution in [-0.4, -0.2) is 27.8 Å². The van der Waals surface area contributed by atoms with Crippen LogP contribution in [0.1, 0.15) is 66.7 Å². The second kappa shape index (κ2) is 6.24. The van der Waals surface area contributed by atoms with Crippen LogP contribution in [0.3, 0.4) is 0 Å². The zero-order valence-corrected chi connectivity index (χ0v) is 16.1. The van der Waals surface area contributed by atoms with E-state index in [9.17, 15) is 14.4 Å². The summed E-state index contributed by atoms with van der Waals surface area (Å²) in [5, 5.41) is 1.24. The first-order valence-electron chi connectivity index (χ1n) is 9.56. The molecule has 0 saturated heterocycles. The number of hydroxylamine groups is 2. The number of carbonyl (C=O) groups excluding carboxylic acids is 3. The van der Waals surface area contributed by atoms with Crippen LogP contribution in [0.5, 0.6) is 0 Å². The quantitative estimate of drug-likeness (QED) is 0.634. The molecule has 29 heavy (non-hydrogen) atoms. The molecule has 5 rings (SSSR count). The van der Waals surface area contributed by atoms with E-state index in [1.165, 1.54) is 0 Å². The number of carbonyl (C=O) groups is 3. The second-order valence-corrected chi connectivity index (χ2v) is 7.67. The summed E-state index contributed by atoms with van der Waals surface area (Å²) in [6, 6.07) is 12.1. The molecule has 2 heterocycles. The third-order valence-corrected chi connectivity index (χ3v) is 5.42. The molecule has 0 radical (unpaired) electrons. The Bertz CT molecular complexity index is 1190. The van der Waals surface area contributed by atoms with Gasteiger partial charge in [0.25, 0.3) is 11.8 Å².